The molecule has 0 saturated carbocycles. The van der Waals surface area contributed by atoms with Gasteiger partial charge in [-0.3, -0.25) is 14.1 Å². The molecule has 1 amide bonds. The van der Waals surface area contributed by atoms with Gasteiger partial charge in [-0.1, -0.05) is 41.4 Å². The summed E-state index contributed by atoms with van der Waals surface area (Å²) in [6.45, 7) is 1.74. The van der Waals surface area contributed by atoms with Crippen molar-refractivity contribution in [1.82, 2.24) is 10.3 Å². The predicted molar refractivity (Wildman–Crippen MR) is 113 cm³/mol. The summed E-state index contributed by atoms with van der Waals surface area (Å²) in [6.07, 6.45) is 3.25. The van der Waals surface area contributed by atoms with Crippen molar-refractivity contribution in [2.45, 2.75) is 18.4 Å². The van der Waals surface area contributed by atoms with Crippen LogP contribution >= 0.6 is 11.6 Å². The van der Waals surface area contributed by atoms with Gasteiger partial charge in [-0.2, -0.15) is 0 Å². The Balaban J connectivity index is 1.88. The molecule has 3 aromatic rings. The fourth-order valence-electron chi connectivity index (χ4n) is 2.68. The van der Waals surface area contributed by atoms with Crippen molar-refractivity contribution in [2.75, 3.05) is 10.8 Å². The number of aryl methyl sites for hydroxylation is 1. The number of carbonyl (C=O) groups excluding carboxylic acids is 1. The summed E-state index contributed by atoms with van der Waals surface area (Å²) in [5.74, 6) is -0.447. The smallest absolute Gasteiger partial charge is 0.264 e. The number of rotatable bonds is 7. The van der Waals surface area contributed by atoms with Crippen LogP contribution in [0.15, 0.2) is 78.0 Å². The van der Waals surface area contributed by atoms with Gasteiger partial charge in [0.05, 0.1) is 15.6 Å². The third-order valence-corrected chi connectivity index (χ3v) is 6.35. The molecule has 1 N–H and O–H groups in total. The molecule has 0 atom stereocenters. The number of carbonyl (C=O) groups is 1. The number of amides is 1. The van der Waals surface area contributed by atoms with Gasteiger partial charge in [0.25, 0.3) is 10.0 Å². The molecule has 0 fully saturated rings. The Morgan fingerprint density at radius 3 is 2.34 bits per heavy atom. The topological polar surface area (TPSA) is 79.4 Å². The van der Waals surface area contributed by atoms with Crippen molar-refractivity contribution in [1.29, 1.82) is 0 Å². The standard InChI is InChI=1S/C21H20ClN3O3S/c1-16-6-8-18(9-7-16)29(27,28)25(20-5-3-2-4-19(20)22)15-21(26)24-14-17-10-12-23-13-11-17/h2-13H,14-15H2,1H3,(H,24,26). The number of sulfonamides is 1. The maximum atomic E-state index is 13.3. The van der Waals surface area contributed by atoms with E-state index in [9.17, 15) is 13.2 Å². The van der Waals surface area contributed by atoms with E-state index in [0.29, 0.717) is 0 Å². The monoisotopic (exact) mass is 429 g/mol. The van der Waals surface area contributed by atoms with Crippen LogP contribution in [-0.2, 0) is 21.4 Å². The Kier molecular flexibility index (Phi) is 6.51. The van der Waals surface area contributed by atoms with Gasteiger partial charge in [0, 0.05) is 18.9 Å². The summed E-state index contributed by atoms with van der Waals surface area (Å²) < 4.78 is 27.6. The number of aromatic nitrogens is 1. The Morgan fingerprint density at radius 1 is 1.03 bits per heavy atom. The Labute approximate surface area is 175 Å². The molecule has 29 heavy (non-hydrogen) atoms. The van der Waals surface area contributed by atoms with Crippen LogP contribution in [0.1, 0.15) is 11.1 Å². The van der Waals surface area contributed by atoms with Crippen molar-refractivity contribution in [2.24, 2.45) is 0 Å². The number of hydrogen-bond donors (Lipinski definition) is 1. The molecule has 2 aromatic carbocycles. The number of benzene rings is 2. The van der Waals surface area contributed by atoms with E-state index in [1.54, 1.807) is 60.9 Å². The highest BCUT2D eigenvalue weighted by Gasteiger charge is 2.28. The van der Waals surface area contributed by atoms with Crippen LogP contribution < -0.4 is 9.62 Å². The van der Waals surface area contributed by atoms with Crippen molar-refractivity contribution < 1.29 is 13.2 Å². The number of pyridine rings is 1. The van der Waals surface area contributed by atoms with Gasteiger partial charge in [0.1, 0.15) is 6.54 Å². The number of halogens is 1. The largest absolute Gasteiger partial charge is 0.350 e. The normalized spacial score (nSPS) is 11.1. The van der Waals surface area contributed by atoms with Gasteiger partial charge in [-0.15, -0.1) is 0 Å². The minimum absolute atomic E-state index is 0.0879. The first-order valence-corrected chi connectivity index (χ1v) is 10.7. The third kappa shape index (κ3) is 5.13. The second-order valence-corrected chi connectivity index (χ2v) is 8.68. The molecule has 0 unspecified atom stereocenters. The number of anilines is 1. The lowest BCUT2D eigenvalue weighted by Gasteiger charge is -2.25. The minimum atomic E-state index is -3.99. The molecule has 6 nitrogen and oxygen atoms in total. The molecule has 0 saturated heterocycles. The Hall–Kier alpha value is -2.90. The average molecular weight is 430 g/mol. The van der Waals surface area contributed by atoms with Crippen LogP contribution in [-0.4, -0.2) is 25.9 Å². The van der Waals surface area contributed by atoms with Gasteiger partial charge >= 0.3 is 0 Å². The van der Waals surface area contributed by atoms with E-state index < -0.39 is 22.5 Å². The lowest BCUT2D eigenvalue weighted by atomic mass is 10.2. The molecule has 0 radical (unpaired) electrons. The van der Waals surface area contributed by atoms with Gasteiger partial charge in [0.2, 0.25) is 5.91 Å². The highest BCUT2D eigenvalue weighted by Crippen LogP contribution is 2.30. The van der Waals surface area contributed by atoms with Crippen LogP contribution in [0.5, 0.6) is 0 Å². The molecular weight excluding hydrogens is 410 g/mol. The van der Waals surface area contributed by atoms with E-state index in [1.807, 2.05) is 6.92 Å². The Morgan fingerprint density at radius 2 is 1.69 bits per heavy atom. The van der Waals surface area contributed by atoms with Crippen LogP contribution in [0.25, 0.3) is 0 Å². The fourth-order valence-corrected chi connectivity index (χ4v) is 4.41. The molecule has 0 bridgehead atoms. The van der Waals surface area contributed by atoms with E-state index in [0.717, 1.165) is 15.4 Å². The summed E-state index contributed by atoms with van der Waals surface area (Å²) in [6, 6.07) is 16.5. The summed E-state index contributed by atoms with van der Waals surface area (Å²) in [7, 11) is -3.99. The summed E-state index contributed by atoms with van der Waals surface area (Å²) in [4.78, 5) is 16.6. The highest BCUT2D eigenvalue weighted by molar-refractivity contribution is 7.92. The molecule has 0 aliphatic carbocycles. The number of nitrogens with one attached hydrogen (secondary N) is 1. The number of nitrogens with zero attached hydrogens (tertiary/aromatic N) is 2. The third-order valence-electron chi connectivity index (χ3n) is 4.26. The van der Waals surface area contributed by atoms with E-state index in [4.69, 9.17) is 11.6 Å². The number of para-hydroxylation sites is 1. The second-order valence-electron chi connectivity index (χ2n) is 6.41. The summed E-state index contributed by atoms with van der Waals surface area (Å²) in [5.41, 5.74) is 2.04. The second kappa shape index (κ2) is 9.07. The van der Waals surface area contributed by atoms with Gasteiger partial charge in [0.15, 0.2) is 0 Å². The molecule has 150 valence electrons. The maximum absolute atomic E-state index is 13.3. The molecule has 0 aliphatic rings. The fraction of sp³-hybridized carbons (Fsp3) is 0.143. The van der Waals surface area contributed by atoms with E-state index in [-0.39, 0.29) is 22.2 Å². The van der Waals surface area contributed by atoms with Crippen LogP contribution in [0.2, 0.25) is 5.02 Å². The molecule has 0 aliphatic heterocycles. The van der Waals surface area contributed by atoms with Gasteiger partial charge < -0.3 is 5.32 Å². The van der Waals surface area contributed by atoms with Crippen LogP contribution in [0.4, 0.5) is 5.69 Å². The summed E-state index contributed by atoms with van der Waals surface area (Å²) in [5, 5.41) is 2.98. The first kappa shape index (κ1) is 20.8. The first-order chi connectivity index (χ1) is 13.9. The van der Waals surface area contributed by atoms with Crippen molar-refractivity contribution >= 4 is 33.2 Å². The molecule has 0 spiro atoms. The van der Waals surface area contributed by atoms with Crippen molar-refractivity contribution in [3.63, 3.8) is 0 Å². The van der Waals surface area contributed by atoms with E-state index in [2.05, 4.69) is 10.3 Å². The lowest BCUT2D eigenvalue weighted by molar-refractivity contribution is -0.119. The number of hydrogen-bond acceptors (Lipinski definition) is 4. The van der Waals surface area contributed by atoms with Crippen LogP contribution in [0.3, 0.4) is 0 Å². The summed E-state index contributed by atoms with van der Waals surface area (Å²) >= 11 is 6.25. The van der Waals surface area contributed by atoms with Gasteiger partial charge in [-0.05, 0) is 48.9 Å². The zero-order chi connectivity index (χ0) is 20.9. The van der Waals surface area contributed by atoms with E-state index in [1.165, 1.54) is 12.1 Å². The van der Waals surface area contributed by atoms with Crippen LogP contribution in [0, 0.1) is 6.92 Å². The molecule has 8 heteroatoms. The molecule has 3 rings (SSSR count). The highest BCUT2D eigenvalue weighted by atomic mass is 35.5. The maximum Gasteiger partial charge on any atom is 0.264 e. The Bertz CT molecular complexity index is 1090. The van der Waals surface area contributed by atoms with E-state index >= 15 is 0 Å². The zero-order valence-corrected chi connectivity index (χ0v) is 17.3. The minimum Gasteiger partial charge on any atom is -0.350 e. The molecule has 1 aromatic heterocycles. The zero-order valence-electron chi connectivity index (χ0n) is 15.7. The SMILES string of the molecule is Cc1ccc(S(=O)(=O)N(CC(=O)NCc2ccncc2)c2ccccc2Cl)cc1. The lowest BCUT2D eigenvalue weighted by Crippen LogP contribution is -2.40. The predicted octanol–water partition coefficient (Wildman–Crippen LogP) is 3.56. The molecule has 1 heterocycles. The average Bonchev–Trinajstić information content (AvgIpc) is 2.72. The van der Waals surface area contributed by atoms with Gasteiger partial charge in [-0.25, -0.2) is 8.42 Å². The van der Waals surface area contributed by atoms with Crippen molar-refractivity contribution in [3.05, 3.63) is 89.2 Å². The molecular formula is C21H20ClN3O3S. The quantitative estimate of drug-likeness (QED) is 0.622. The first-order valence-electron chi connectivity index (χ1n) is 8.87. The van der Waals surface area contributed by atoms with Crippen molar-refractivity contribution in [3.8, 4) is 0 Å².